The first-order valence-corrected chi connectivity index (χ1v) is 7.80. The van der Waals surface area contributed by atoms with Crippen molar-refractivity contribution in [3.8, 4) is 0 Å². The van der Waals surface area contributed by atoms with Gasteiger partial charge in [0.15, 0.2) is 5.78 Å². The Morgan fingerprint density at radius 3 is 2.91 bits per heavy atom. The van der Waals surface area contributed by atoms with Crippen LogP contribution in [-0.4, -0.2) is 5.78 Å². The molecule has 0 heterocycles. The molecule has 1 aliphatic rings. The lowest BCUT2D eigenvalue weighted by molar-refractivity contribution is 0.0983. The van der Waals surface area contributed by atoms with Gasteiger partial charge in [0.2, 0.25) is 0 Å². The maximum atomic E-state index is 12.4. The Hall–Kier alpha value is -2.06. The number of aryl methyl sites for hydroxylation is 1. The third-order valence-corrected chi connectivity index (χ3v) is 4.70. The number of carbonyl (C=O) groups is 1. The topological polar surface area (TPSA) is 43.1 Å². The van der Waals surface area contributed by atoms with Gasteiger partial charge in [-0.3, -0.25) is 4.79 Å². The van der Waals surface area contributed by atoms with Gasteiger partial charge in [0.05, 0.1) is 0 Å². The van der Waals surface area contributed by atoms with Crippen molar-refractivity contribution in [2.75, 3.05) is 0 Å². The Labute approximate surface area is 135 Å². The smallest absolute Gasteiger partial charge is 0.163 e. The zero-order valence-corrected chi connectivity index (χ0v) is 13.3. The maximum absolute atomic E-state index is 12.4. The molecule has 2 aromatic carbocycles. The zero-order chi connectivity index (χ0) is 15.7. The molecule has 2 aromatic rings. The first-order valence-electron chi connectivity index (χ1n) is 7.42. The van der Waals surface area contributed by atoms with Crippen LogP contribution in [0.1, 0.15) is 39.0 Å². The van der Waals surface area contributed by atoms with E-state index in [0.717, 1.165) is 39.4 Å². The molecule has 0 fully saturated rings. The minimum Gasteiger partial charge on any atom is -0.398 e. The molecule has 2 N–H and O–H groups in total. The predicted octanol–water partition coefficient (Wildman–Crippen LogP) is 4.32. The number of Topliss-reactive ketones (excluding diaryl/α,β-unsaturated/α-hetero) is 1. The number of hydrogen-bond acceptors (Lipinski definition) is 2. The van der Waals surface area contributed by atoms with Crippen molar-refractivity contribution >= 4 is 23.1 Å². The molecule has 0 aliphatic heterocycles. The Balaban J connectivity index is 1.74. The summed E-state index contributed by atoms with van der Waals surface area (Å²) >= 11 is 6.12. The second-order valence-electron chi connectivity index (χ2n) is 5.68. The monoisotopic (exact) mass is 311 g/mol. The molecule has 1 aliphatic carbocycles. The van der Waals surface area contributed by atoms with Gasteiger partial charge in [-0.1, -0.05) is 41.9 Å². The number of rotatable bonds is 4. The van der Waals surface area contributed by atoms with E-state index in [2.05, 4.69) is 0 Å². The van der Waals surface area contributed by atoms with E-state index in [4.69, 9.17) is 17.3 Å². The quantitative estimate of drug-likeness (QED) is 0.855. The largest absolute Gasteiger partial charge is 0.398 e. The molecule has 3 rings (SSSR count). The van der Waals surface area contributed by atoms with Gasteiger partial charge in [0.25, 0.3) is 0 Å². The Morgan fingerprint density at radius 1 is 1.27 bits per heavy atom. The highest BCUT2D eigenvalue weighted by Gasteiger charge is 2.15. The fourth-order valence-corrected chi connectivity index (χ4v) is 3.04. The third-order valence-electron chi connectivity index (χ3n) is 4.29. The maximum Gasteiger partial charge on any atom is 0.163 e. The van der Waals surface area contributed by atoms with E-state index in [1.54, 1.807) is 0 Å². The van der Waals surface area contributed by atoms with Gasteiger partial charge in [-0.15, -0.1) is 0 Å². The number of benzene rings is 2. The Bertz CT molecular complexity index is 777. The summed E-state index contributed by atoms with van der Waals surface area (Å²) in [6, 6.07) is 11.6. The molecule has 0 unspecified atom stereocenters. The lowest BCUT2D eigenvalue weighted by Gasteiger charge is -2.08. The number of carbonyl (C=O) groups excluding carboxylic acids is 1. The van der Waals surface area contributed by atoms with Crippen molar-refractivity contribution < 1.29 is 4.79 Å². The average molecular weight is 312 g/mol. The number of allylic oxidation sites excluding steroid dienone is 1. The van der Waals surface area contributed by atoms with Crippen LogP contribution in [0.25, 0.3) is 5.70 Å². The van der Waals surface area contributed by atoms with Crippen LogP contribution in [0.2, 0.25) is 5.02 Å². The molecule has 0 aromatic heterocycles. The molecule has 0 saturated carbocycles. The molecular formula is C19H18ClNO. The molecule has 2 nitrogen and oxygen atoms in total. The van der Waals surface area contributed by atoms with Crippen molar-refractivity contribution in [2.24, 2.45) is 5.73 Å². The van der Waals surface area contributed by atoms with Crippen molar-refractivity contribution in [2.45, 2.75) is 26.2 Å². The van der Waals surface area contributed by atoms with Gasteiger partial charge in [-0.25, -0.2) is 0 Å². The summed E-state index contributed by atoms with van der Waals surface area (Å²) in [7, 11) is 0. The summed E-state index contributed by atoms with van der Waals surface area (Å²) in [4.78, 5) is 12.4. The minimum absolute atomic E-state index is 0.141. The minimum atomic E-state index is 0.141. The van der Waals surface area contributed by atoms with Gasteiger partial charge in [-0.05, 0) is 48.6 Å². The van der Waals surface area contributed by atoms with Crippen LogP contribution in [-0.2, 0) is 12.8 Å². The Kier molecular flexibility index (Phi) is 4.04. The first kappa shape index (κ1) is 14.9. The van der Waals surface area contributed by atoms with Crippen LogP contribution in [0, 0.1) is 6.92 Å². The van der Waals surface area contributed by atoms with E-state index in [9.17, 15) is 4.79 Å². The van der Waals surface area contributed by atoms with E-state index in [0.29, 0.717) is 12.8 Å². The first-order chi connectivity index (χ1) is 10.6. The second-order valence-corrected chi connectivity index (χ2v) is 6.09. The zero-order valence-electron chi connectivity index (χ0n) is 12.5. The molecule has 0 atom stereocenters. The van der Waals surface area contributed by atoms with Gasteiger partial charge >= 0.3 is 0 Å². The van der Waals surface area contributed by atoms with Crippen molar-refractivity contribution in [1.29, 1.82) is 0 Å². The van der Waals surface area contributed by atoms with Crippen LogP contribution >= 0.6 is 11.6 Å². The highest BCUT2D eigenvalue weighted by molar-refractivity contribution is 6.31. The standard InChI is InChI=1S/C19H18ClNO/c1-12-13(3-2-4-17(12)20)8-10-19(22)15-6-5-14-7-9-18(21)16(14)11-15/h2-6,9,11H,7-8,10,21H2,1H3. The van der Waals surface area contributed by atoms with Gasteiger partial charge in [0, 0.05) is 28.3 Å². The molecule has 0 spiro atoms. The highest BCUT2D eigenvalue weighted by atomic mass is 35.5. The fourth-order valence-electron chi connectivity index (χ4n) is 2.84. The normalized spacial score (nSPS) is 12.9. The summed E-state index contributed by atoms with van der Waals surface area (Å²) in [5.41, 5.74) is 11.8. The van der Waals surface area contributed by atoms with E-state index in [1.165, 1.54) is 5.56 Å². The van der Waals surface area contributed by atoms with Crippen molar-refractivity contribution in [3.05, 3.63) is 75.3 Å². The summed E-state index contributed by atoms with van der Waals surface area (Å²) in [5, 5.41) is 0.750. The van der Waals surface area contributed by atoms with Crippen molar-refractivity contribution in [1.82, 2.24) is 0 Å². The molecule has 22 heavy (non-hydrogen) atoms. The summed E-state index contributed by atoms with van der Waals surface area (Å²) in [5.74, 6) is 0.141. The predicted molar refractivity (Wildman–Crippen MR) is 91.2 cm³/mol. The van der Waals surface area contributed by atoms with Crippen LogP contribution < -0.4 is 5.73 Å². The summed E-state index contributed by atoms with van der Waals surface area (Å²) in [6.45, 7) is 1.99. The lowest BCUT2D eigenvalue weighted by atomic mass is 9.97. The number of fused-ring (bicyclic) bond motifs is 1. The fraction of sp³-hybridized carbons (Fsp3) is 0.211. The van der Waals surface area contributed by atoms with Crippen LogP contribution in [0.5, 0.6) is 0 Å². The summed E-state index contributed by atoms with van der Waals surface area (Å²) in [6.07, 6.45) is 4.03. The van der Waals surface area contributed by atoms with Crippen LogP contribution in [0.15, 0.2) is 42.5 Å². The Morgan fingerprint density at radius 2 is 2.09 bits per heavy atom. The molecule has 0 amide bonds. The molecule has 0 bridgehead atoms. The third kappa shape index (κ3) is 2.79. The van der Waals surface area contributed by atoms with Crippen LogP contribution in [0.3, 0.4) is 0 Å². The highest BCUT2D eigenvalue weighted by Crippen LogP contribution is 2.26. The van der Waals surface area contributed by atoms with E-state index < -0.39 is 0 Å². The van der Waals surface area contributed by atoms with Gasteiger partial charge in [-0.2, -0.15) is 0 Å². The SMILES string of the molecule is Cc1c(Cl)cccc1CCC(=O)c1ccc2c(c1)C(N)=CC2. The molecule has 0 saturated heterocycles. The average Bonchev–Trinajstić information content (AvgIpc) is 2.89. The van der Waals surface area contributed by atoms with Crippen molar-refractivity contribution in [3.63, 3.8) is 0 Å². The van der Waals surface area contributed by atoms with Gasteiger partial charge in [0.1, 0.15) is 0 Å². The second kappa shape index (κ2) is 5.98. The number of halogens is 1. The number of nitrogens with two attached hydrogens (primary N) is 1. The van der Waals surface area contributed by atoms with E-state index >= 15 is 0 Å². The molecule has 112 valence electrons. The summed E-state index contributed by atoms with van der Waals surface area (Å²) < 4.78 is 0. The number of ketones is 1. The molecule has 3 heteroatoms. The van der Waals surface area contributed by atoms with E-state index in [1.807, 2.05) is 49.4 Å². The number of hydrogen-bond donors (Lipinski definition) is 1. The van der Waals surface area contributed by atoms with Gasteiger partial charge < -0.3 is 5.73 Å². The van der Waals surface area contributed by atoms with E-state index in [-0.39, 0.29) is 5.78 Å². The van der Waals surface area contributed by atoms with Crippen LogP contribution in [0.4, 0.5) is 0 Å². The lowest BCUT2D eigenvalue weighted by Crippen LogP contribution is -2.04. The molecule has 0 radical (unpaired) electrons. The molecular weight excluding hydrogens is 294 g/mol.